The second kappa shape index (κ2) is 16.7. The maximum Gasteiger partial charge on any atom is 0.305 e. The molecule has 0 fully saturated rings. The average molecular weight is 547 g/mol. The minimum atomic E-state index is -0.378. The van der Waals surface area contributed by atoms with Gasteiger partial charge in [0, 0.05) is 31.0 Å². The van der Waals surface area contributed by atoms with Gasteiger partial charge >= 0.3 is 5.97 Å². The molecule has 3 aromatic carbocycles. The SMILES string of the molecule is COC(=O)CC[C@@H](Cc1ccc(OCc2ccccc2)cc1)NC(=O)CCCCCCc1cccc([N+](=O)[O-])c1. The zero-order valence-electron chi connectivity index (χ0n) is 23.1. The standard InChI is InChI=1S/C32H38N2O6/c1-39-32(36)21-18-28(22-26-16-19-30(20-17-26)40-24-27-11-6-4-7-12-27)33-31(35)15-8-3-2-5-10-25-13-9-14-29(23-25)34(37)38/h4,6-7,9,11-14,16-17,19-20,23,28H,2-3,5,8,10,15,18,21-22,24H2,1H3,(H,33,35)/t28-/m0/s1. The van der Waals surface area contributed by atoms with Crippen LogP contribution in [0.5, 0.6) is 5.75 Å². The molecular weight excluding hydrogens is 508 g/mol. The molecule has 1 N–H and O–H groups in total. The van der Waals surface area contributed by atoms with E-state index in [4.69, 9.17) is 9.47 Å². The molecule has 212 valence electrons. The number of methoxy groups -OCH3 is 1. The molecule has 1 amide bonds. The van der Waals surface area contributed by atoms with E-state index in [2.05, 4.69) is 5.32 Å². The highest BCUT2D eigenvalue weighted by molar-refractivity contribution is 5.76. The molecule has 0 aromatic heterocycles. The summed E-state index contributed by atoms with van der Waals surface area (Å²) in [5, 5.41) is 14.0. The van der Waals surface area contributed by atoms with Gasteiger partial charge in [0.15, 0.2) is 0 Å². The lowest BCUT2D eigenvalue weighted by molar-refractivity contribution is -0.384. The zero-order chi connectivity index (χ0) is 28.6. The van der Waals surface area contributed by atoms with Crippen LogP contribution in [0.25, 0.3) is 0 Å². The van der Waals surface area contributed by atoms with Crippen LogP contribution in [0.2, 0.25) is 0 Å². The Morgan fingerprint density at radius 3 is 2.30 bits per heavy atom. The zero-order valence-corrected chi connectivity index (χ0v) is 23.1. The number of nitrogens with zero attached hydrogens (tertiary/aromatic N) is 1. The average Bonchev–Trinajstić information content (AvgIpc) is 2.97. The minimum Gasteiger partial charge on any atom is -0.489 e. The summed E-state index contributed by atoms with van der Waals surface area (Å²) in [6.45, 7) is 0.493. The molecule has 3 aromatic rings. The number of carbonyl (C=O) groups excluding carboxylic acids is 2. The molecule has 0 aliphatic heterocycles. The number of hydrogen-bond donors (Lipinski definition) is 1. The summed E-state index contributed by atoms with van der Waals surface area (Å²) >= 11 is 0. The van der Waals surface area contributed by atoms with E-state index in [-0.39, 0.29) is 34.9 Å². The fourth-order valence-electron chi connectivity index (χ4n) is 4.46. The van der Waals surface area contributed by atoms with E-state index in [1.807, 2.05) is 60.7 Å². The Morgan fingerprint density at radius 1 is 0.850 bits per heavy atom. The van der Waals surface area contributed by atoms with Crippen LogP contribution in [0.3, 0.4) is 0 Å². The third-order valence-electron chi connectivity index (χ3n) is 6.68. The van der Waals surface area contributed by atoms with Crippen molar-refractivity contribution in [2.75, 3.05) is 7.11 Å². The minimum absolute atomic E-state index is 0.0311. The third-order valence-corrected chi connectivity index (χ3v) is 6.68. The lowest BCUT2D eigenvalue weighted by Crippen LogP contribution is -2.36. The third kappa shape index (κ3) is 11.3. The Hall–Kier alpha value is -4.20. The van der Waals surface area contributed by atoms with Crippen molar-refractivity contribution in [1.82, 2.24) is 5.32 Å². The fraction of sp³-hybridized carbons (Fsp3) is 0.375. The highest BCUT2D eigenvalue weighted by Crippen LogP contribution is 2.18. The quantitative estimate of drug-likeness (QED) is 0.0915. The molecule has 0 saturated carbocycles. The summed E-state index contributed by atoms with van der Waals surface area (Å²) in [6.07, 6.45) is 6.04. The van der Waals surface area contributed by atoms with Crippen LogP contribution in [0, 0.1) is 10.1 Å². The number of esters is 1. The molecule has 0 aliphatic carbocycles. The van der Waals surface area contributed by atoms with Crippen molar-refractivity contribution in [2.45, 2.75) is 70.4 Å². The molecule has 40 heavy (non-hydrogen) atoms. The summed E-state index contributed by atoms with van der Waals surface area (Å²) in [5.74, 6) is 0.442. The highest BCUT2D eigenvalue weighted by atomic mass is 16.6. The van der Waals surface area contributed by atoms with Crippen molar-refractivity contribution < 1.29 is 24.0 Å². The maximum atomic E-state index is 12.7. The molecule has 1 atom stereocenters. The van der Waals surface area contributed by atoms with E-state index < -0.39 is 0 Å². The highest BCUT2D eigenvalue weighted by Gasteiger charge is 2.16. The monoisotopic (exact) mass is 546 g/mol. The van der Waals surface area contributed by atoms with E-state index in [9.17, 15) is 19.7 Å². The van der Waals surface area contributed by atoms with E-state index in [0.29, 0.717) is 25.9 Å². The van der Waals surface area contributed by atoms with Crippen molar-refractivity contribution in [3.8, 4) is 5.75 Å². The lowest BCUT2D eigenvalue weighted by atomic mass is 10.0. The van der Waals surface area contributed by atoms with Gasteiger partial charge in [0.25, 0.3) is 5.69 Å². The number of aryl methyl sites for hydroxylation is 1. The number of unbranched alkanes of at least 4 members (excludes halogenated alkanes) is 3. The number of hydrogen-bond acceptors (Lipinski definition) is 6. The Kier molecular flexibility index (Phi) is 12.7. The first-order valence-electron chi connectivity index (χ1n) is 13.8. The van der Waals surface area contributed by atoms with Gasteiger partial charge in [0.05, 0.1) is 12.0 Å². The Morgan fingerprint density at radius 2 is 1.57 bits per heavy atom. The van der Waals surface area contributed by atoms with E-state index >= 15 is 0 Å². The van der Waals surface area contributed by atoms with Crippen molar-refractivity contribution in [2.24, 2.45) is 0 Å². The number of amides is 1. The molecule has 8 heteroatoms. The molecule has 0 heterocycles. The number of ether oxygens (including phenoxy) is 2. The molecule has 0 aliphatic rings. The number of nitrogens with one attached hydrogen (secondary N) is 1. The number of nitro groups is 1. The van der Waals surface area contributed by atoms with Gasteiger partial charge in [0.1, 0.15) is 12.4 Å². The number of non-ortho nitro benzene ring substituents is 1. The normalized spacial score (nSPS) is 11.4. The van der Waals surface area contributed by atoms with Gasteiger partial charge in [-0.2, -0.15) is 0 Å². The lowest BCUT2D eigenvalue weighted by Gasteiger charge is -2.19. The maximum absolute atomic E-state index is 12.7. The fourth-order valence-corrected chi connectivity index (χ4v) is 4.46. The predicted molar refractivity (Wildman–Crippen MR) is 154 cm³/mol. The van der Waals surface area contributed by atoms with Gasteiger partial charge in [-0.1, -0.05) is 67.4 Å². The van der Waals surface area contributed by atoms with Crippen LogP contribution >= 0.6 is 0 Å². The summed E-state index contributed by atoms with van der Waals surface area (Å²) in [5.41, 5.74) is 3.21. The van der Waals surface area contributed by atoms with Crippen LogP contribution < -0.4 is 10.1 Å². The first kappa shape index (κ1) is 30.3. The van der Waals surface area contributed by atoms with E-state index in [1.54, 1.807) is 12.1 Å². The van der Waals surface area contributed by atoms with Crippen molar-refractivity contribution in [1.29, 1.82) is 0 Å². The van der Waals surface area contributed by atoms with Crippen molar-refractivity contribution in [3.63, 3.8) is 0 Å². The summed E-state index contributed by atoms with van der Waals surface area (Å²) in [4.78, 5) is 35.0. The van der Waals surface area contributed by atoms with Gasteiger partial charge in [-0.05, 0) is 60.9 Å². The number of benzene rings is 3. The van der Waals surface area contributed by atoms with Crippen molar-refractivity contribution >= 4 is 17.6 Å². The summed E-state index contributed by atoms with van der Waals surface area (Å²) < 4.78 is 10.7. The molecule has 8 nitrogen and oxygen atoms in total. The van der Waals surface area contributed by atoms with E-state index in [0.717, 1.165) is 54.5 Å². The second-order valence-corrected chi connectivity index (χ2v) is 9.84. The molecule has 0 saturated heterocycles. The van der Waals surface area contributed by atoms with Crippen LogP contribution in [0.4, 0.5) is 5.69 Å². The largest absolute Gasteiger partial charge is 0.489 e. The molecule has 3 rings (SSSR count). The van der Waals surface area contributed by atoms with Gasteiger partial charge < -0.3 is 14.8 Å². The van der Waals surface area contributed by atoms with E-state index in [1.165, 1.54) is 13.2 Å². The van der Waals surface area contributed by atoms with Crippen LogP contribution in [-0.4, -0.2) is 30.0 Å². The van der Waals surface area contributed by atoms with Gasteiger partial charge in [-0.3, -0.25) is 19.7 Å². The first-order valence-corrected chi connectivity index (χ1v) is 13.8. The number of rotatable bonds is 17. The number of carbonyl (C=O) groups is 2. The van der Waals surface area contributed by atoms with Crippen molar-refractivity contribution in [3.05, 3.63) is 106 Å². The Labute approximate surface area is 235 Å². The molecule has 0 bridgehead atoms. The van der Waals surface area contributed by atoms with Gasteiger partial charge in [0.2, 0.25) is 5.91 Å². The smallest absolute Gasteiger partial charge is 0.305 e. The van der Waals surface area contributed by atoms with Gasteiger partial charge in [-0.15, -0.1) is 0 Å². The summed E-state index contributed by atoms with van der Waals surface area (Å²) in [7, 11) is 1.36. The van der Waals surface area contributed by atoms with Gasteiger partial charge in [-0.25, -0.2) is 0 Å². The second-order valence-electron chi connectivity index (χ2n) is 9.84. The Balaban J connectivity index is 1.41. The molecule has 0 radical (unpaired) electrons. The first-order chi connectivity index (χ1) is 19.4. The van der Waals surface area contributed by atoms with Crippen LogP contribution in [0.1, 0.15) is 61.6 Å². The molecule has 0 unspecified atom stereocenters. The Bertz CT molecular complexity index is 1210. The predicted octanol–water partition coefficient (Wildman–Crippen LogP) is 6.35. The van der Waals surface area contributed by atoms with Crippen LogP contribution in [0.15, 0.2) is 78.9 Å². The topological polar surface area (TPSA) is 108 Å². The molecular formula is C32H38N2O6. The van der Waals surface area contributed by atoms with Crippen LogP contribution in [-0.2, 0) is 33.8 Å². The summed E-state index contributed by atoms with van der Waals surface area (Å²) in [6, 6.07) is 24.3. The molecule has 0 spiro atoms. The number of nitro benzene ring substituents is 1.